The van der Waals surface area contributed by atoms with Crippen molar-refractivity contribution in [1.82, 2.24) is 46.2 Å². The summed E-state index contributed by atoms with van der Waals surface area (Å²) in [6, 6.07) is 18.3. The van der Waals surface area contributed by atoms with Crippen LogP contribution in [0, 0.1) is 17.8 Å². The van der Waals surface area contributed by atoms with Crippen molar-refractivity contribution in [3.63, 3.8) is 0 Å². The van der Waals surface area contributed by atoms with E-state index in [1.165, 1.54) is 33.5 Å². The van der Waals surface area contributed by atoms with E-state index in [0.29, 0.717) is 55.6 Å². The van der Waals surface area contributed by atoms with E-state index in [9.17, 15) is 57.5 Å². The first-order chi connectivity index (χ1) is 47.3. The Morgan fingerprint density at radius 2 is 1.38 bits per heavy atom. The number of primary amides is 1. The zero-order chi connectivity index (χ0) is 72.7. The van der Waals surface area contributed by atoms with Gasteiger partial charge in [-0.05, 0) is 105 Å². The fraction of sp³-hybridized carbons (Fsp3) is 0.549. The highest BCUT2D eigenvalue weighted by molar-refractivity contribution is 6.12. The largest absolute Gasteiger partial charge is 0.467 e. The van der Waals surface area contributed by atoms with E-state index in [2.05, 4.69) is 37.2 Å². The number of methoxy groups -OCH3 is 3. The molecule has 12 amide bonds. The molecule has 9 N–H and O–H groups in total. The minimum atomic E-state index is -1.06. The number of carbonyl (C=O) groups excluding carboxylic acids is 12. The van der Waals surface area contributed by atoms with Crippen molar-refractivity contribution >= 4 is 82.6 Å². The molecule has 28 heteroatoms. The van der Waals surface area contributed by atoms with Crippen LogP contribution in [0.3, 0.4) is 0 Å². The molecule has 1 saturated heterocycles. The lowest BCUT2D eigenvalue weighted by molar-refractivity contribution is -0.150. The van der Waals surface area contributed by atoms with Crippen LogP contribution in [0.25, 0.3) is 0 Å². The van der Waals surface area contributed by atoms with Gasteiger partial charge in [-0.25, -0.2) is 14.4 Å². The Morgan fingerprint density at radius 3 is 2.03 bits per heavy atom. The number of piperidine rings is 1. The molecule has 28 nitrogen and oxygen atoms in total. The number of unbranched alkanes of at least 4 members (excludes halogenated alkanes) is 2. The predicted octanol–water partition coefficient (Wildman–Crippen LogP) is 4.69. The summed E-state index contributed by atoms with van der Waals surface area (Å²) in [5.41, 5.74) is 8.17. The number of hydrogen-bond acceptors (Lipinski definition) is 17. The Bertz CT molecular complexity index is 3230. The highest BCUT2D eigenvalue weighted by Gasteiger charge is 2.42. The number of nitrogens with zero attached hydrogens (tertiary/aromatic N) is 4. The lowest BCUT2D eigenvalue weighted by Crippen LogP contribution is -2.57. The summed E-state index contributed by atoms with van der Waals surface area (Å²) >= 11 is 0. The Labute approximate surface area is 580 Å². The van der Waals surface area contributed by atoms with Gasteiger partial charge in [0.05, 0.1) is 62.9 Å². The molecule has 0 saturated carbocycles. The monoisotopic (exact) mass is 1380 g/mol. The first kappa shape index (κ1) is 80.4. The third-order valence-electron chi connectivity index (χ3n) is 17.9. The quantitative estimate of drug-likeness (QED) is 0.0217. The van der Waals surface area contributed by atoms with Crippen molar-refractivity contribution < 1.29 is 76.5 Å². The van der Waals surface area contributed by atoms with Crippen LogP contribution in [0.5, 0.6) is 0 Å². The maximum atomic E-state index is 14.6. The molecule has 3 aromatic rings. The summed E-state index contributed by atoms with van der Waals surface area (Å²) in [7, 11) is 7.72. The molecule has 2 aliphatic heterocycles. The van der Waals surface area contributed by atoms with E-state index in [-0.39, 0.29) is 106 Å². The summed E-state index contributed by atoms with van der Waals surface area (Å²) in [6.45, 7) is 9.71. The van der Waals surface area contributed by atoms with Gasteiger partial charge in [-0.1, -0.05) is 102 Å². The number of hydrogen-bond donors (Lipinski definition) is 8. The van der Waals surface area contributed by atoms with Crippen molar-refractivity contribution in [2.24, 2.45) is 23.5 Å². The zero-order valence-corrected chi connectivity index (χ0v) is 58.8. The molecule has 9 atom stereocenters. The number of carbonyl (C=O) groups is 12. The first-order valence-electron chi connectivity index (χ1n) is 33.8. The van der Waals surface area contributed by atoms with Gasteiger partial charge in [0.25, 0.3) is 11.8 Å². The Kier molecular flexibility index (Phi) is 33.5. The normalized spacial score (nSPS) is 16.1. The topological polar surface area (TPSA) is 365 Å². The second-order valence-electron chi connectivity index (χ2n) is 25.5. The van der Waals surface area contributed by atoms with Crippen LogP contribution in [0.4, 0.5) is 21.0 Å². The number of amides is 12. The van der Waals surface area contributed by atoms with Gasteiger partial charge in [0.1, 0.15) is 18.7 Å². The molecule has 99 heavy (non-hydrogen) atoms. The molecule has 0 radical (unpaired) electrons. The average Bonchev–Trinajstić information content (AvgIpc) is 1.26. The fourth-order valence-corrected chi connectivity index (χ4v) is 12.4. The highest BCUT2D eigenvalue weighted by atomic mass is 16.5. The Balaban J connectivity index is 1.10. The lowest BCUT2D eigenvalue weighted by Gasteiger charge is -2.43. The number of benzene rings is 3. The maximum absolute atomic E-state index is 14.6. The fourth-order valence-electron chi connectivity index (χ4n) is 12.4. The van der Waals surface area contributed by atoms with Crippen molar-refractivity contribution in [3.8, 4) is 0 Å². The van der Waals surface area contributed by atoms with E-state index in [0.717, 1.165) is 28.9 Å². The first-order valence-corrected chi connectivity index (χ1v) is 33.8. The van der Waals surface area contributed by atoms with Crippen LogP contribution >= 0.6 is 0 Å². The lowest BCUT2D eigenvalue weighted by atomic mass is 9.87. The number of urea groups is 1. The number of nitrogens with one attached hydrogen (secondary N) is 7. The molecule has 1 fully saturated rings. The predicted molar refractivity (Wildman–Crippen MR) is 369 cm³/mol. The average molecular weight is 1380 g/mol. The van der Waals surface area contributed by atoms with Crippen LogP contribution in [0.15, 0.2) is 91.0 Å². The number of esters is 1. The van der Waals surface area contributed by atoms with Crippen molar-refractivity contribution in [3.05, 3.63) is 108 Å². The number of nitrogens with two attached hydrogens (primary N) is 1. The SMILES string of the molecule is CC[C@H](C)C([C@@H](CC(=O)N1CCCC[C@H]1[C@H](OC)[C@@H](C)C(=O)N[C@@H](Cc1ccccc1)C(=O)OC)OC)N(C)C(=O)CNC(=O)C(C(C)C)N(C)Cc1cccc(NC(=O)OCc2ccc(NC(=O)[C@H](CCCNC(N)=O)NC(=O)CNC(=O)CCCCCN3C(=O)C=CC3=O)cc2)c1. The minimum Gasteiger partial charge on any atom is -0.467 e. The van der Waals surface area contributed by atoms with Gasteiger partial charge in [0.15, 0.2) is 0 Å². The molecule has 0 spiro atoms. The molecule has 2 unspecified atom stereocenters. The van der Waals surface area contributed by atoms with Crippen LogP contribution in [0.1, 0.15) is 122 Å². The highest BCUT2D eigenvalue weighted by Crippen LogP contribution is 2.30. The van der Waals surface area contributed by atoms with Gasteiger partial charge in [0.2, 0.25) is 41.4 Å². The number of anilines is 2. The van der Waals surface area contributed by atoms with Gasteiger partial charge in [-0.15, -0.1) is 0 Å². The molecule has 0 aliphatic carbocycles. The van der Waals surface area contributed by atoms with E-state index in [4.69, 9.17) is 24.7 Å². The van der Waals surface area contributed by atoms with E-state index < -0.39 is 96.6 Å². The Hall–Kier alpha value is -9.28. The summed E-state index contributed by atoms with van der Waals surface area (Å²) < 4.78 is 22.6. The van der Waals surface area contributed by atoms with E-state index >= 15 is 0 Å². The third kappa shape index (κ3) is 25.8. The second-order valence-corrected chi connectivity index (χ2v) is 25.5. The smallest absolute Gasteiger partial charge is 0.411 e. The summed E-state index contributed by atoms with van der Waals surface area (Å²) in [5, 5.41) is 18.8. The molecule has 0 bridgehead atoms. The molecule has 3 aromatic carbocycles. The molecular weight excluding hydrogens is 1280 g/mol. The number of likely N-dealkylation sites (tertiary alicyclic amines) is 1. The Morgan fingerprint density at radius 1 is 0.687 bits per heavy atom. The molecule has 2 aliphatic rings. The van der Waals surface area contributed by atoms with Crippen molar-refractivity contribution in [1.29, 1.82) is 0 Å². The number of ether oxygens (including phenoxy) is 4. The van der Waals surface area contributed by atoms with Gasteiger partial charge < -0.3 is 66.4 Å². The van der Waals surface area contributed by atoms with Crippen molar-refractivity contribution in [2.45, 2.75) is 167 Å². The maximum Gasteiger partial charge on any atom is 0.411 e. The summed E-state index contributed by atoms with van der Waals surface area (Å²) in [6.07, 6.45) is 5.16. The van der Waals surface area contributed by atoms with Crippen molar-refractivity contribution in [2.75, 3.05) is 78.8 Å². The molecule has 0 aromatic heterocycles. The molecule has 5 rings (SSSR count). The second kappa shape index (κ2) is 41.2. The zero-order valence-electron chi connectivity index (χ0n) is 58.8. The van der Waals surface area contributed by atoms with E-state index in [1.807, 2.05) is 69.0 Å². The van der Waals surface area contributed by atoms with Gasteiger partial charge in [-0.3, -0.25) is 58.3 Å². The third-order valence-corrected chi connectivity index (χ3v) is 17.9. The summed E-state index contributed by atoms with van der Waals surface area (Å²) in [5.74, 6) is -5.42. The van der Waals surface area contributed by atoms with E-state index in [1.54, 1.807) is 73.3 Å². The number of likely N-dealkylation sites (N-methyl/N-ethyl adjacent to an activating group) is 2. The molecule has 542 valence electrons. The van der Waals surface area contributed by atoms with Crippen LogP contribution in [-0.2, 0) is 86.5 Å². The number of rotatable bonds is 40. The van der Waals surface area contributed by atoms with Gasteiger partial charge in [-0.2, -0.15) is 0 Å². The van der Waals surface area contributed by atoms with Crippen LogP contribution in [-0.4, -0.2) is 201 Å². The minimum absolute atomic E-state index is 0.0759. The molecular formula is C71H102N12O16. The van der Waals surface area contributed by atoms with Crippen LogP contribution < -0.4 is 43.0 Å². The van der Waals surface area contributed by atoms with Crippen LogP contribution in [0.2, 0.25) is 0 Å². The number of imide groups is 1. The van der Waals surface area contributed by atoms with Gasteiger partial charge >= 0.3 is 18.1 Å². The standard InChI is InChI=1S/C71H102N12O16/c1-11-46(4)64(56(96-8)40-61(88)82-36-19-17-27-55(82)65(97-9)47(5)66(90)79-54(69(93)98-10)39-48-22-14-12-15-23-48)81(7)62(89)42-75-68(92)63(45(2)3)80(6)43-50-24-20-25-52(38-50)77-71(95)99-44-49-29-31-51(32-30-49)76-67(91)53(26-21-35-73-70(72)94)78-58(85)41-74-57(84)28-16-13-18-37-83-59(86)33-34-60(83)87/h12,14-15,20,22-25,29-34,38,45-47,53-56,63-65H,11,13,16-19,21,26-28,35-37,39-44H2,1-10H3,(H,74,84)(H,75,92)(H,76,91)(H,77,95)(H,78,85)(H,79,90)(H3,72,73,94)/t46-,47+,53-,54-,55-,56+,63?,64?,65+/m0/s1. The molecule has 2 heterocycles. The summed E-state index contributed by atoms with van der Waals surface area (Å²) in [4.78, 5) is 163. The van der Waals surface area contributed by atoms with Gasteiger partial charge in [0, 0.05) is 83.8 Å².